The highest BCUT2D eigenvalue weighted by Crippen LogP contribution is 2.33. The van der Waals surface area contributed by atoms with Crippen molar-refractivity contribution in [3.8, 4) is 11.5 Å². The molecule has 1 saturated heterocycles. The van der Waals surface area contributed by atoms with Gasteiger partial charge in [-0.15, -0.1) is 0 Å². The van der Waals surface area contributed by atoms with Gasteiger partial charge in [0.05, 0.1) is 13.2 Å². The summed E-state index contributed by atoms with van der Waals surface area (Å²) >= 11 is 0. The number of guanidine groups is 2. The fourth-order valence-corrected chi connectivity index (χ4v) is 3.69. The molecule has 156 valence electrons. The maximum atomic E-state index is 6.12. The van der Waals surface area contributed by atoms with E-state index in [9.17, 15) is 0 Å². The predicted molar refractivity (Wildman–Crippen MR) is 115 cm³/mol. The summed E-state index contributed by atoms with van der Waals surface area (Å²) in [6.45, 7) is 3.88. The number of hydrogen-bond acceptors (Lipinski definition) is 9. The molecule has 3 N–H and O–H groups in total. The van der Waals surface area contributed by atoms with Crippen LogP contribution in [-0.2, 0) is 4.74 Å². The highest BCUT2D eigenvalue weighted by Gasteiger charge is 2.32. The normalized spacial score (nSPS) is 21.0. The Morgan fingerprint density at radius 3 is 2.50 bits per heavy atom. The second kappa shape index (κ2) is 8.11. The van der Waals surface area contributed by atoms with E-state index in [1.165, 1.54) is 0 Å². The smallest absolute Gasteiger partial charge is 0.222 e. The van der Waals surface area contributed by atoms with E-state index in [1.54, 1.807) is 0 Å². The Morgan fingerprint density at radius 1 is 0.933 bits per heavy atom. The minimum atomic E-state index is -0.467. The Morgan fingerprint density at radius 2 is 1.70 bits per heavy atom. The molecule has 0 amide bonds. The lowest BCUT2D eigenvalue weighted by atomic mass is 10.2. The summed E-state index contributed by atoms with van der Waals surface area (Å²) in [5, 5.41) is 3.46. The van der Waals surface area contributed by atoms with Gasteiger partial charge in [0.2, 0.25) is 18.2 Å². The van der Waals surface area contributed by atoms with E-state index in [0.717, 1.165) is 36.2 Å². The van der Waals surface area contributed by atoms with E-state index in [4.69, 9.17) is 19.9 Å². The molecule has 30 heavy (non-hydrogen) atoms. The topological polar surface area (TPSA) is 96.9 Å². The third kappa shape index (κ3) is 3.71. The molecule has 3 aliphatic rings. The van der Waals surface area contributed by atoms with Crippen LogP contribution in [0.2, 0.25) is 0 Å². The molecular weight excluding hydrogens is 384 g/mol. The summed E-state index contributed by atoms with van der Waals surface area (Å²) in [7, 11) is 0. The van der Waals surface area contributed by atoms with Gasteiger partial charge in [0.1, 0.15) is 13.2 Å². The van der Waals surface area contributed by atoms with Gasteiger partial charge in [0.25, 0.3) is 0 Å². The van der Waals surface area contributed by atoms with Gasteiger partial charge in [-0.1, -0.05) is 18.2 Å². The summed E-state index contributed by atoms with van der Waals surface area (Å²) in [5.74, 6) is 2.45. The molecule has 2 aromatic carbocycles. The molecule has 0 spiro atoms. The van der Waals surface area contributed by atoms with Crippen molar-refractivity contribution in [3.63, 3.8) is 0 Å². The zero-order valence-corrected chi connectivity index (χ0v) is 16.5. The molecule has 1 fully saturated rings. The Bertz CT molecular complexity index is 958. The standard InChI is InChI=1S/C21H24N6O3/c22-19-24-20(23-15-6-7-17-18(14-15)30-13-12-29-17)27(16-4-2-1-3-5-16)21(25-19)26-8-10-28-11-9-26/h1-7,14,20,23H,8-13H2,(H2,22,24). The van der Waals surface area contributed by atoms with Crippen molar-refractivity contribution in [3.05, 3.63) is 48.5 Å². The van der Waals surface area contributed by atoms with E-state index in [0.29, 0.717) is 32.2 Å². The van der Waals surface area contributed by atoms with E-state index >= 15 is 0 Å². The molecule has 0 saturated carbocycles. The van der Waals surface area contributed by atoms with E-state index in [-0.39, 0.29) is 5.96 Å². The predicted octanol–water partition coefficient (Wildman–Crippen LogP) is 1.68. The Labute approximate surface area is 174 Å². The number of benzene rings is 2. The molecule has 1 atom stereocenters. The fraction of sp³-hybridized carbons (Fsp3) is 0.333. The lowest BCUT2D eigenvalue weighted by Crippen LogP contribution is -2.57. The molecule has 3 aliphatic heterocycles. The summed E-state index contributed by atoms with van der Waals surface area (Å²) in [6, 6.07) is 15.8. The van der Waals surface area contributed by atoms with Crippen molar-refractivity contribution in [1.82, 2.24) is 4.90 Å². The SMILES string of the molecule is NC1=NC(Nc2ccc3c(c2)OCCO3)N(c2ccccc2)C(N2CCOCC2)=N1. The fourth-order valence-electron chi connectivity index (χ4n) is 3.69. The number of ether oxygens (including phenoxy) is 3. The van der Waals surface area contributed by atoms with Gasteiger partial charge >= 0.3 is 0 Å². The molecule has 9 nitrogen and oxygen atoms in total. The second-order valence-electron chi connectivity index (χ2n) is 7.08. The first-order chi connectivity index (χ1) is 14.8. The number of nitrogens with zero attached hydrogens (tertiary/aromatic N) is 4. The Balaban J connectivity index is 1.48. The first kappa shape index (κ1) is 18.6. The van der Waals surface area contributed by atoms with Crippen molar-refractivity contribution < 1.29 is 14.2 Å². The lowest BCUT2D eigenvalue weighted by molar-refractivity contribution is 0.0671. The van der Waals surface area contributed by atoms with Gasteiger partial charge < -0.3 is 30.2 Å². The number of nitrogens with two attached hydrogens (primary N) is 1. The van der Waals surface area contributed by atoms with Gasteiger partial charge in [-0.25, -0.2) is 4.99 Å². The summed E-state index contributed by atoms with van der Waals surface area (Å²) in [4.78, 5) is 13.4. The number of aliphatic imine (C=N–C) groups is 2. The Hall–Kier alpha value is -3.46. The maximum absolute atomic E-state index is 6.12. The van der Waals surface area contributed by atoms with Crippen LogP contribution in [0, 0.1) is 0 Å². The zero-order chi connectivity index (χ0) is 20.3. The maximum Gasteiger partial charge on any atom is 0.222 e. The van der Waals surface area contributed by atoms with Crippen LogP contribution in [0.15, 0.2) is 58.5 Å². The number of morpholine rings is 1. The first-order valence-electron chi connectivity index (χ1n) is 10.0. The monoisotopic (exact) mass is 408 g/mol. The quantitative estimate of drug-likeness (QED) is 0.797. The van der Waals surface area contributed by atoms with Crippen molar-refractivity contribution in [2.24, 2.45) is 15.7 Å². The van der Waals surface area contributed by atoms with E-state index < -0.39 is 6.29 Å². The number of fused-ring (bicyclic) bond motifs is 1. The van der Waals surface area contributed by atoms with Crippen molar-refractivity contribution in [2.75, 3.05) is 49.7 Å². The lowest BCUT2D eigenvalue weighted by Gasteiger charge is -2.41. The molecule has 0 aromatic heterocycles. The third-order valence-electron chi connectivity index (χ3n) is 5.10. The van der Waals surface area contributed by atoms with Crippen LogP contribution in [0.5, 0.6) is 11.5 Å². The molecule has 9 heteroatoms. The number of anilines is 2. The molecule has 0 aliphatic carbocycles. The first-order valence-corrected chi connectivity index (χ1v) is 10.0. The summed E-state index contributed by atoms with van der Waals surface area (Å²) in [6.07, 6.45) is -0.467. The zero-order valence-electron chi connectivity index (χ0n) is 16.5. The van der Waals surface area contributed by atoms with E-state index in [2.05, 4.69) is 25.1 Å². The molecule has 2 aromatic rings. The van der Waals surface area contributed by atoms with Crippen LogP contribution < -0.4 is 25.4 Å². The van der Waals surface area contributed by atoms with Crippen LogP contribution in [0.1, 0.15) is 0 Å². The van der Waals surface area contributed by atoms with Crippen molar-refractivity contribution in [1.29, 1.82) is 0 Å². The Kier molecular flexibility index (Phi) is 5.02. The van der Waals surface area contributed by atoms with Crippen LogP contribution in [-0.4, -0.2) is 62.6 Å². The summed E-state index contributed by atoms with van der Waals surface area (Å²) in [5.41, 5.74) is 7.94. The van der Waals surface area contributed by atoms with Crippen LogP contribution in [0.4, 0.5) is 11.4 Å². The average Bonchev–Trinajstić information content (AvgIpc) is 2.80. The number of para-hydroxylation sites is 1. The number of rotatable bonds is 3. The highest BCUT2D eigenvalue weighted by molar-refractivity contribution is 6.06. The minimum Gasteiger partial charge on any atom is -0.486 e. The van der Waals surface area contributed by atoms with Crippen LogP contribution in [0.3, 0.4) is 0 Å². The molecular formula is C21H24N6O3. The van der Waals surface area contributed by atoms with E-state index in [1.807, 2.05) is 48.5 Å². The van der Waals surface area contributed by atoms with Gasteiger partial charge in [0, 0.05) is 30.5 Å². The van der Waals surface area contributed by atoms with Gasteiger partial charge in [-0.05, 0) is 24.3 Å². The largest absolute Gasteiger partial charge is 0.486 e. The van der Waals surface area contributed by atoms with Gasteiger partial charge in [-0.2, -0.15) is 4.99 Å². The minimum absolute atomic E-state index is 0.235. The molecule has 3 heterocycles. The average molecular weight is 408 g/mol. The molecule has 5 rings (SSSR count). The van der Waals surface area contributed by atoms with Crippen LogP contribution in [0.25, 0.3) is 0 Å². The highest BCUT2D eigenvalue weighted by atomic mass is 16.6. The second-order valence-corrected chi connectivity index (χ2v) is 7.08. The number of nitrogens with one attached hydrogen (secondary N) is 1. The van der Waals surface area contributed by atoms with Gasteiger partial charge in [-0.3, -0.25) is 4.90 Å². The molecule has 1 unspecified atom stereocenters. The summed E-state index contributed by atoms with van der Waals surface area (Å²) < 4.78 is 16.9. The number of hydrogen-bond donors (Lipinski definition) is 2. The third-order valence-corrected chi connectivity index (χ3v) is 5.10. The molecule has 0 radical (unpaired) electrons. The molecule has 0 bridgehead atoms. The van der Waals surface area contributed by atoms with Crippen molar-refractivity contribution in [2.45, 2.75) is 6.29 Å². The van der Waals surface area contributed by atoms with Crippen LogP contribution >= 0.6 is 0 Å². The van der Waals surface area contributed by atoms with Gasteiger partial charge in [0.15, 0.2) is 11.5 Å². The van der Waals surface area contributed by atoms with Crippen molar-refractivity contribution >= 4 is 23.3 Å².